The van der Waals surface area contributed by atoms with Gasteiger partial charge in [-0.15, -0.1) is 0 Å². The van der Waals surface area contributed by atoms with Crippen LogP contribution in [-0.2, 0) is 16.0 Å². The lowest BCUT2D eigenvalue weighted by Crippen LogP contribution is -2.27. The van der Waals surface area contributed by atoms with Crippen LogP contribution >= 0.6 is 15.9 Å². The Morgan fingerprint density at radius 2 is 1.88 bits per heavy atom. The lowest BCUT2D eigenvalue weighted by Gasteiger charge is -2.21. The summed E-state index contributed by atoms with van der Waals surface area (Å²) in [6, 6.07) is 3.58. The average molecular weight is 399 g/mol. The van der Waals surface area contributed by atoms with Crippen molar-refractivity contribution in [1.29, 1.82) is 0 Å². The normalized spacial score (nSPS) is 12.6. The van der Waals surface area contributed by atoms with E-state index in [1.807, 2.05) is 20.8 Å². The molecular formula is C19H27BrO4. The van der Waals surface area contributed by atoms with Crippen molar-refractivity contribution in [2.24, 2.45) is 5.92 Å². The van der Waals surface area contributed by atoms with Gasteiger partial charge in [0, 0.05) is 11.1 Å². The first-order chi connectivity index (χ1) is 11.0. The molecule has 24 heavy (non-hydrogen) atoms. The number of benzene rings is 1. The number of hydrogen-bond acceptors (Lipinski definition) is 4. The average Bonchev–Trinajstić information content (AvgIpc) is 2.44. The summed E-state index contributed by atoms with van der Waals surface area (Å²) >= 11 is 3.47. The fourth-order valence-corrected chi connectivity index (χ4v) is 2.77. The summed E-state index contributed by atoms with van der Waals surface area (Å²) in [5.74, 6) is 0.509. The molecule has 0 fully saturated rings. The van der Waals surface area contributed by atoms with E-state index in [4.69, 9.17) is 9.47 Å². The van der Waals surface area contributed by atoms with E-state index in [2.05, 4.69) is 29.8 Å². The SMILES string of the molecule is CCC(C)Cc1c(C(C)=O)ccc(Br)c1OCC(=O)OC(C)(C)C. The van der Waals surface area contributed by atoms with E-state index in [-0.39, 0.29) is 12.4 Å². The van der Waals surface area contributed by atoms with Crippen LogP contribution in [0, 0.1) is 5.92 Å². The van der Waals surface area contributed by atoms with E-state index < -0.39 is 11.6 Å². The lowest BCUT2D eigenvalue weighted by atomic mass is 9.93. The first kappa shape index (κ1) is 20.7. The van der Waals surface area contributed by atoms with Gasteiger partial charge in [0.05, 0.1) is 4.47 Å². The monoisotopic (exact) mass is 398 g/mol. The van der Waals surface area contributed by atoms with E-state index in [1.54, 1.807) is 19.1 Å². The standard InChI is InChI=1S/C19H27BrO4/c1-7-12(2)10-15-14(13(3)21)8-9-16(20)18(15)23-11-17(22)24-19(4,5)6/h8-9,12H,7,10-11H2,1-6H3. The quantitative estimate of drug-likeness (QED) is 0.480. The fourth-order valence-electron chi connectivity index (χ4n) is 2.28. The highest BCUT2D eigenvalue weighted by molar-refractivity contribution is 9.10. The minimum absolute atomic E-state index is 0.0112. The molecule has 0 radical (unpaired) electrons. The Morgan fingerprint density at radius 1 is 1.25 bits per heavy atom. The minimum Gasteiger partial charge on any atom is -0.480 e. The van der Waals surface area contributed by atoms with Crippen molar-refractivity contribution < 1.29 is 19.1 Å². The molecule has 0 aliphatic carbocycles. The minimum atomic E-state index is -0.557. The number of rotatable bonds is 7. The molecule has 0 amide bonds. The van der Waals surface area contributed by atoms with Gasteiger partial charge in [-0.2, -0.15) is 0 Å². The van der Waals surface area contributed by atoms with Gasteiger partial charge < -0.3 is 9.47 Å². The molecule has 0 aliphatic heterocycles. The van der Waals surface area contributed by atoms with Crippen LogP contribution in [0.3, 0.4) is 0 Å². The van der Waals surface area contributed by atoms with Crippen LogP contribution in [0.15, 0.2) is 16.6 Å². The Hall–Kier alpha value is -1.36. The molecule has 0 bridgehead atoms. The van der Waals surface area contributed by atoms with Gasteiger partial charge in [0.25, 0.3) is 0 Å². The molecular weight excluding hydrogens is 372 g/mol. The summed E-state index contributed by atoms with van der Waals surface area (Å²) in [5, 5.41) is 0. The summed E-state index contributed by atoms with van der Waals surface area (Å²) in [4.78, 5) is 23.9. The van der Waals surface area contributed by atoms with Gasteiger partial charge in [-0.3, -0.25) is 4.79 Å². The Labute approximate surface area is 153 Å². The second-order valence-corrected chi connectivity index (χ2v) is 7.91. The Bertz CT molecular complexity index is 602. The maximum absolute atomic E-state index is 12.0. The molecule has 0 spiro atoms. The summed E-state index contributed by atoms with van der Waals surface area (Å²) < 4.78 is 11.7. The van der Waals surface area contributed by atoms with Gasteiger partial charge >= 0.3 is 5.97 Å². The molecule has 0 N–H and O–H groups in total. The van der Waals surface area contributed by atoms with Crippen LogP contribution in [0.1, 0.15) is 63.9 Å². The zero-order chi connectivity index (χ0) is 18.5. The smallest absolute Gasteiger partial charge is 0.344 e. The van der Waals surface area contributed by atoms with Crippen molar-refractivity contribution in [3.63, 3.8) is 0 Å². The third-order valence-corrected chi connectivity index (χ3v) is 4.22. The largest absolute Gasteiger partial charge is 0.480 e. The number of ether oxygens (including phenoxy) is 2. The second kappa shape index (κ2) is 8.65. The van der Waals surface area contributed by atoms with Crippen molar-refractivity contribution in [1.82, 2.24) is 0 Å². The summed E-state index contributed by atoms with van der Waals surface area (Å²) in [6.45, 7) is 11.0. The van der Waals surface area contributed by atoms with Crippen LogP contribution in [0.25, 0.3) is 0 Å². The van der Waals surface area contributed by atoms with Crippen molar-refractivity contribution in [2.45, 2.75) is 60.0 Å². The maximum Gasteiger partial charge on any atom is 0.344 e. The molecule has 0 saturated carbocycles. The highest BCUT2D eigenvalue weighted by atomic mass is 79.9. The fraction of sp³-hybridized carbons (Fsp3) is 0.579. The van der Waals surface area contributed by atoms with E-state index in [0.717, 1.165) is 16.5 Å². The number of hydrogen-bond donors (Lipinski definition) is 0. The van der Waals surface area contributed by atoms with Crippen molar-refractivity contribution in [2.75, 3.05) is 6.61 Å². The third-order valence-electron chi connectivity index (χ3n) is 3.60. The highest BCUT2D eigenvalue weighted by Gasteiger charge is 2.21. The lowest BCUT2D eigenvalue weighted by molar-refractivity contribution is -0.157. The molecule has 0 saturated heterocycles. The molecule has 5 heteroatoms. The third kappa shape index (κ3) is 6.27. The van der Waals surface area contributed by atoms with E-state index in [0.29, 0.717) is 23.7 Å². The highest BCUT2D eigenvalue weighted by Crippen LogP contribution is 2.34. The number of carbonyl (C=O) groups excluding carboxylic acids is 2. The molecule has 1 unspecified atom stereocenters. The van der Waals surface area contributed by atoms with Gasteiger partial charge in [-0.1, -0.05) is 20.3 Å². The van der Waals surface area contributed by atoms with Gasteiger partial charge in [0.15, 0.2) is 12.4 Å². The summed E-state index contributed by atoms with van der Waals surface area (Å²) in [5.41, 5.74) is 0.922. The summed E-state index contributed by atoms with van der Waals surface area (Å²) in [6.07, 6.45) is 1.71. The molecule has 0 aliphatic rings. The Kier molecular flexibility index (Phi) is 7.46. The molecule has 1 atom stereocenters. The van der Waals surface area contributed by atoms with Crippen LogP contribution < -0.4 is 4.74 Å². The Balaban J connectivity index is 3.09. The first-order valence-electron chi connectivity index (χ1n) is 8.22. The maximum atomic E-state index is 12.0. The molecule has 4 nitrogen and oxygen atoms in total. The van der Waals surface area contributed by atoms with Crippen molar-refractivity contribution >= 4 is 27.7 Å². The van der Waals surface area contributed by atoms with Crippen LogP contribution in [0.5, 0.6) is 5.75 Å². The number of halogens is 1. The predicted octanol–water partition coefficient (Wildman–Crippen LogP) is 4.96. The molecule has 0 heterocycles. The first-order valence-corrected chi connectivity index (χ1v) is 9.01. The molecule has 1 rings (SSSR count). The second-order valence-electron chi connectivity index (χ2n) is 7.05. The molecule has 134 valence electrons. The molecule has 0 aromatic heterocycles. The Morgan fingerprint density at radius 3 is 2.38 bits per heavy atom. The molecule has 1 aromatic carbocycles. The van der Waals surface area contributed by atoms with Gasteiger partial charge in [-0.25, -0.2) is 4.79 Å². The van der Waals surface area contributed by atoms with E-state index in [9.17, 15) is 9.59 Å². The topological polar surface area (TPSA) is 52.6 Å². The van der Waals surface area contributed by atoms with Crippen LogP contribution in [0.2, 0.25) is 0 Å². The van der Waals surface area contributed by atoms with Crippen LogP contribution in [-0.4, -0.2) is 24.0 Å². The van der Waals surface area contributed by atoms with Crippen molar-refractivity contribution in [3.8, 4) is 5.75 Å². The van der Waals surface area contributed by atoms with E-state index in [1.165, 1.54) is 0 Å². The van der Waals surface area contributed by atoms with Gasteiger partial charge in [0.1, 0.15) is 11.4 Å². The van der Waals surface area contributed by atoms with Crippen LogP contribution in [0.4, 0.5) is 0 Å². The number of Topliss-reactive ketones (excluding diaryl/α,β-unsaturated/α-hetero) is 1. The summed E-state index contributed by atoms with van der Waals surface area (Å²) in [7, 11) is 0. The zero-order valence-electron chi connectivity index (χ0n) is 15.4. The van der Waals surface area contributed by atoms with Gasteiger partial charge in [-0.05, 0) is 68.1 Å². The van der Waals surface area contributed by atoms with Crippen molar-refractivity contribution in [3.05, 3.63) is 27.7 Å². The predicted molar refractivity (Wildman–Crippen MR) is 98.6 cm³/mol. The number of esters is 1. The number of ketones is 1. The molecule has 1 aromatic rings. The van der Waals surface area contributed by atoms with E-state index >= 15 is 0 Å². The number of carbonyl (C=O) groups is 2. The zero-order valence-corrected chi connectivity index (χ0v) is 17.0. The van der Waals surface area contributed by atoms with Gasteiger partial charge in [0.2, 0.25) is 0 Å².